The van der Waals surface area contributed by atoms with Gasteiger partial charge in [-0.25, -0.2) is 0 Å². The van der Waals surface area contributed by atoms with Crippen molar-refractivity contribution in [3.8, 4) is 0 Å². The number of nitrogens with one attached hydrogen (secondary N) is 1. The zero-order valence-corrected chi connectivity index (χ0v) is 9.38. The first-order valence-corrected chi connectivity index (χ1v) is 5.51. The molecule has 0 saturated heterocycles. The van der Waals surface area contributed by atoms with Crippen molar-refractivity contribution in [2.45, 2.75) is 31.5 Å². The molecule has 0 aromatic heterocycles. The predicted octanol–water partition coefficient (Wildman–Crippen LogP) is 2.99. The van der Waals surface area contributed by atoms with Gasteiger partial charge >= 0.3 is 6.18 Å². The van der Waals surface area contributed by atoms with Crippen LogP contribution >= 0.6 is 0 Å². The average molecular weight is 245 g/mol. The second kappa shape index (κ2) is 4.22. The predicted molar refractivity (Wildman–Crippen MR) is 59.0 cm³/mol. The highest BCUT2D eigenvalue weighted by atomic mass is 19.4. The molecule has 1 aromatic rings. The summed E-state index contributed by atoms with van der Waals surface area (Å²) in [6.45, 7) is 2.23. The van der Waals surface area contributed by atoms with Crippen molar-refractivity contribution in [1.82, 2.24) is 0 Å². The Balaban J connectivity index is 2.31. The van der Waals surface area contributed by atoms with E-state index in [9.17, 15) is 18.3 Å². The first kappa shape index (κ1) is 12.2. The SMILES string of the molecule is CC(O)CC1CNc2ccc(C(F)(F)F)cc21. The summed E-state index contributed by atoms with van der Waals surface area (Å²) in [6, 6.07) is 3.72. The fraction of sp³-hybridized carbons (Fsp3) is 0.500. The molecule has 0 aliphatic carbocycles. The summed E-state index contributed by atoms with van der Waals surface area (Å²) in [5, 5.41) is 12.4. The van der Waals surface area contributed by atoms with Crippen LogP contribution in [0.3, 0.4) is 0 Å². The Hall–Kier alpha value is -1.23. The van der Waals surface area contributed by atoms with Gasteiger partial charge in [-0.15, -0.1) is 0 Å². The van der Waals surface area contributed by atoms with Gasteiger partial charge in [-0.2, -0.15) is 13.2 Å². The zero-order chi connectivity index (χ0) is 12.6. The normalized spacial score (nSPS) is 20.9. The van der Waals surface area contributed by atoms with Gasteiger partial charge in [0.25, 0.3) is 0 Å². The molecule has 1 aliphatic heterocycles. The Labute approximate surface area is 97.5 Å². The third kappa shape index (κ3) is 2.54. The number of rotatable bonds is 2. The lowest BCUT2D eigenvalue weighted by atomic mass is 9.94. The number of hydrogen-bond acceptors (Lipinski definition) is 2. The van der Waals surface area contributed by atoms with Crippen molar-refractivity contribution >= 4 is 5.69 Å². The zero-order valence-electron chi connectivity index (χ0n) is 9.38. The molecule has 0 radical (unpaired) electrons. The van der Waals surface area contributed by atoms with Gasteiger partial charge in [0.1, 0.15) is 0 Å². The fourth-order valence-corrected chi connectivity index (χ4v) is 2.20. The molecule has 5 heteroatoms. The van der Waals surface area contributed by atoms with Crippen molar-refractivity contribution < 1.29 is 18.3 Å². The van der Waals surface area contributed by atoms with Crippen LogP contribution in [0, 0.1) is 0 Å². The van der Waals surface area contributed by atoms with Crippen LogP contribution in [0.5, 0.6) is 0 Å². The molecular weight excluding hydrogens is 231 g/mol. The Morgan fingerprint density at radius 1 is 1.47 bits per heavy atom. The summed E-state index contributed by atoms with van der Waals surface area (Å²) >= 11 is 0. The number of anilines is 1. The number of aliphatic hydroxyl groups is 1. The lowest BCUT2D eigenvalue weighted by Crippen LogP contribution is -2.11. The molecule has 2 rings (SSSR count). The van der Waals surface area contributed by atoms with Gasteiger partial charge in [-0.05, 0) is 37.1 Å². The highest BCUT2D eigenvalue weighted by Crippen LogP contribution is 2.38. The summed E-state index contributed by atoms with van der Waals surface area (Å²) in [5.74, 6) is -0.0488. The number of aliphatic hydroxyl groups excluding tert-OH is 1. The van der Waals surface area contributed by atoms with Crippen molar-refractivity contribution in [2.24, 2.45) is 0 Å². The summed E-state index contributed by atoms with van der Waals surface area (Å²) < 4.78 is 37.7. The van der Waals surface area contributed by atoms with Crippen LogP contribution in [0.25, 0.3) is 0 Å². The maximum absolute atomic E-state index is 12.6. The molecule has 94 valence electrons. The topological polar surface area (TPSA) is 32.3 Å². The van der Waals surface area contributed by atoms with Crippen molar-refractivity contribution in [1.29, 1.82) is 0 Å². The summed E-state index contributed by atoms with van der Waals surface area (Å²) in [6.07, 6.45) is -4.35. The van der Waals surface area contributed by atoms with Crippen LogP contribution in [-0.2, 0) is 6.18 Å². The minimum Gasteiger partial charge on any atom is -0.393 e. The molecule has 2 atom stereocenters. The van der Waals surface area contributed by atoms with Crippen LogP contribution in [0.15, 0.2) is 18.2 Å². The van der Waals surface area contributed by atoms with E-state index >= 15 is 0 Å². The van der Waals surface area contributed by atoms with E-state index < -0.39 is 17.8 Å². The molecule has 0 amide bonds. The van der Waals surface area contributed by atoms with E-state index in [0.29, 0.717) is 18.5 Å². The first-order chi connectivity index (χ1) is 7.88. The Morgan fingerprint density at radius 3 is 2.76 bits per heavy atom. The highest BCUT2D eigenvalue weighted by molar-refractivity contribution is 5.59. The van der Waals surface area contributed by atoms with Crippen LogP contribution < -0.4 is 5.32 Å². The molecule has 0 bridgehead atoms. The van der Waals surface area contributed by atoms with Crippen LogP contribution in [0.1, 0.15) is 30.4 Å². The fourth-order valence-electron chi connectivity index (χ4n) is 2.20. The standard InChI is InChI=1S/C12H14F3NO/c1-7(17)4-8-6-16-11-3-2-9(5-10(8)11)12(13,14)15/h2-3,5,7-8,16-17H,4,6H2,1H3. The number of benzene rings is 1. The number of hydrogen-bond donors (Lipinski definition) is 2. The smallest absolute Gasteiger partial charge is 0.393 e. The monoisotopic (exact) mass is 245 g/mol. The lowest BCUT2D eigenvalue weighted by Gasteiger charge is -2.14. The summed E-state index contributed by atoms with van der Waals surface area (Å²) in [7, 11) is 0. The van der Waals surface area contributed by atoms with Crippen LogP contribution in [-0.4, -0.2) is 17.8 Å². The van der Waals surface area contributed by atoms with Gasteiger partial charge in [0.2, 0.25) is 0 Å². The first-order valence-electron chi connectivity index (χ1n) is 5.51. The van der Waals surface area contributed by atoms with Crippen LogP contribution in [0.2, 0.25) is 0 Å². The Bertz CT molecular complexity index is 415. The molecule has 17 heavy (non-hydrogen) atoms. The molecule has 1 aromatic carbocycles. The Kier molecular flexibility index (Phi) is 3.03. The van der Waals surface area contributed by atoms with E-state index in [4.69, 9.17) is 0 Å². The molecule has 2 unspecified atom stereocenters. The van der Waals surface area contributed by atoms with E-state index in [1.165, 1.54) is 12.1 Å². The van der Waals surface area contributed by atoms with Crippen molar-refractivity contribution in [3.63, 3.8) is 0 Å². The molecule has 2 N–H and O–H groups in total. The third-order valence-corrected chi connectivity index (χ3v) is 2.98. The van der Waals surface area contributed by atoms with Crippen molar-refractivity contribution in [3.05, 3.63) is 29.3 Å². The number of fused-ring (bicyclic) bond motifs is 1. The molecule has 0 saturated carbocycles. The third-order valence-electron chi connectivity index (χ3n) is 2.98. The number of halogens is 3. The van der Waals surface area contributed by atoms with Gasteiger partial charge in [0.05, 0.1) is 11.7 Å². The van der Waals surface area contributed by atoms with Crippen LogP contribution in [0.4, 0.5) is 18.9 Å². The molecular formula is C12H14F3NO. The van der Waals surface area contributed by atoms with Gasteiger partial charge in [-0.1, -0.05) is 0 Å². The molecule has 2 nitrogen and oxygen atoms in total. The van der Waals surface area contributed by atoms with E-state index in [2.05, 4.69) is 5.32 Å². The van der Waals surface area contributed by atoms with Crippen molar-refractivity contribution in [2.75, 3.05) is 11.9 Å². The second-order valence-electron chi connectivity index (χ2n) is 4.46. The van der Waals surface area contributed by atoms with E-state index in [-0.39, 0.29) is 5.92 Å². The highest BCUT2D eigenvalue weighted by Gasteiger charge is 2.33. The maximum Gasteiger partial charge on any atom is 0.416 e. The molecule has 1 heterocycles. The van der Waals surface area contributed by atoms with Gasteiger partial charge < -0.3 is 10.4 Å². The quantitative estimate of drug-likeness (QED) is 0.839. The summed E-state index contributed by atoms with van der Waals surface area (Å²) in [4.78, 5) is 0. The Morgan fingerprint density at radius 2 is 2.18 bits per heavy atom. The van der Waals surface area contributed by atoms with E-state index in [1.54, 1.807) is 6.92 Å². The average Bonchev–Trinajstić information content (AvgIpc) is 2.59. The van der Waals surface area contributed by atoms with Gasteiger partial charge in [0.15, 0.2) is 0 Å². The van der Waals surface area contributed by atoms with E-state index in [1.807, 2.05) is 0 Å². The molecule has 1 aliphatic rings. The molecule has 0 fully saturated rings. The van der Waals surface area contributed by atoms with Gasteiger partial charge in [-0.3, -0.25) is 0 Å². The lowest BCUT2D eigenvalue weighted by molar-refractivity contribution is -0.137. The second-order valence-corrected chi connectivity index (χ2v) is 4.46. The van der Waals surface area contributed by atoms with Gasteiger partial charge in [0, 0.05) is 18.2 Å². The minimum absolute atomic E-state index is 0.0488. The molecule has 0 spiro atoms. The van der Waals surface area contributed by atoms with E-state index in [0.717, 1.165) is 11.8 Å². The largest absolute Gasteiger partial charge is 0.416 e. The maximum atomic E-state index is 12.6. The summed E-state index contributed by atoms with van der Waals surface area (Å²) in [5.41, 5.74) is 0.764. The minimum atomic E-state index is -4.31. The number of alkyl halides is 3.